The van der Waals surface area contributed by atoms with E-state index < -0.39 is 10.0 Å². The van der Waals surface area contributed by atoms with Gasteiger partial charge >= 0.3 is 0 Å². The number of rotatable bonds is 8. The molecule has 0 aliphatic rings. The van der Waals surface area contributed by atoms with Crippen LogP contribution in [-0.4, -0.2) is 31.1 Å². The number of hydrogen-bond donors (Lipinski definition) is 2. The van der Waals surface area contributed by atoms with Gasteiger partial charge in [-0.25, -0.2) is 13.4 Å². The number of sulfonamides is 1. The molecule has 0 unspecified atom stereocenters. The molecule has 0 aliphatic carbocycles. The first-order valence-electron chi connectivity index (χ1n) is 8.38. The largest absolute Gasteiger partial charge is 0.350 e. The topological polar surface area (TPSA) is 88.2 Å². The number of amides is 1. The molecule has 0 aliphatic heterocycles. The second-order valence-electron chi connectivity index (χ2n) is 5.80. The summed E-state index contributed by atoms with van der Waals surface area (Å²) in [5.41, 5.74) is 1.06. The van der Waals surface area contributed by atoms with E-state index in [-0.39, 0.29) is 17.7 Å². The number of anilines is 1. The number of hydrogen-bond acceptors (Lipinski definition) is 5. The highest BCUT2D eigenvalue weighted by atomic mass is 32.2. The highest BCUT2D eigenvalue weighted by molar-refractivity contribution is 7.99. The summed E-state index contributed by atoms with van der Waals surface area (Å²) in [6.45, 7) is 5.56. The van der Waals surface area contributed by atoms with Crippen LogP contribution in [0.2, 0.25) is 0 Å². The summed E-state index contributed by atoms with van der Waals surface area (Å²) in [7, 11) is -3.28. The van der Waals surface area contributed by atoms with Gasteiger partial charge in [0.05, 0.1) is 11.3 Å². The minimum absolute atomic E-state index is 0.0321. The molecule has 2 N–H and O–H groups in total. The second-order valence-corrected chi connectivity index (χ2v) is 8.90. The Morgan fingerprint density at radius 1 is 1.15 bits per heavy atom. The molecule has 8 heteroatoms. The van der Waals surface area contributed by atoms with Crippen molar-refractivity contribution >= 4 is 33.4 Å². The van der Waals surface area contributed by atoms with Gasteiger partial charge in [0.15, 0.2) is 0 Å². The average Bonchev–Trinajstić information content (AvgIpc) is 2.63. The quantitative estimate of drug-likeness (QED) is 0.716. The summed E-state index contributed by atoms with van der Waals surface area (Å²) in [5.74, 6) is -0.0966. The van der Waals surface area contributed by atoms with Gasteiger partial charge in [0, 0.05) is 22.8 Å². The van der Waals surface area contributed by atoms with E-state index in [0.29, 0.717) is 11.3 Å². The first kappa shape index (κ1) is 20.3. The molecule has 1 aromatic carbocycles. The third kappa shape index (κ3) is 6.03. The number of carbonyl (C=O) groups excluding carboxylic acids is 1. The van der Waals surface area contributed by atoms with Crippen LogP contribution in [0.3, 0.4) is 0 Å². The molecule has 1 heterocycles. The first-order chi connectivity index (χ1) is 12.3. The molecule has 1 amide bonds. The van der Waals surface area contributed by atoms with Crippen LogP contribution < -0.4 is 10.0 Å². The molecular formula is C18H23N3O3S2. The van der Waals surface area contributed by atoms with Crippen LogP contribution in [-0.2, 0) is 10.0 Å². The Kier molecular flexibility index (Phi) is 7.05. The molecule has 1 atom stereocenters. The Labute approximate surface area is 158 Å². The number of pyridine rings is 1. The van der Waals surface area contributed by atoms with Gasteiger partial charge in [-0.05, 0) is 56.7 Å². The molecule has 6 nitrogen and oxygen atoms in total. The normalized spacial score (nSPS) is 12.4. The third-order valence-electron chi connectivity index (χ3n) is 3.72. The standard InChI is InChI=1S/C18H23N3O3S2/c1-4-13(3)20-18(22)14-6-11-17(19-12-14)25-16-9-7-15(8-10-16)21-26(23,24)5-2/h6-13,21H,4-5H2,1-3H3,(H,20,22)/t13-/m1/s1. The molecule has 2 aromatic rings. The fourth-order valence-electron chi connectivity index (χ4n) is 1.95. The van der Waals surface area contributed by atoms with Crippen LogP contribution in [0.5, 0.6) is 0 Å². The van der Waals surface area contributed by atoms with Crippen LogP contribution in [0.15, 0.2) is 52.5 Å². The van der Waals surface area contributed by atoms with Gasteiger partial charge in [0.2, 0.25) is 10.0 Å². The molecule has 0 bridgehead atoms. The van der Waals surface area contributed by atoms with Gasteiger partial charge in [0.25, 0.3) is 5.91 Å². The van der Waals surface area contributed by atoms with Crippen molar-refractivity contribution in [3.05, 3.63) is 48.2 Å². The van der Waals surface area contributed by atoms with Crippen LogP contribution >= 0.6 is 11.8 Å². The smallest absolute Gasteiger partial charge is 0.253 e. The van der Waals surface area contributed by atoms with Crippen molar-refractivity contribution in [1.29, 1.82) is 0 Å². The van der Waals surface area contributed by atoms with Crippen LogP contribution in [0.1, 0.15) is 37.6 Å². The van der Waals surface area contributed by atoms with E-state index in [1.807, 2.05) is 26.0 Å². The van der Waals surface area contributed by atoms with Gasteiger partial charge in [0.1, 0.15) is 5.03 Å². The maximum Gasteiger partial charge on any atom is 0.253 e. The summed E-state index contributed by atoms with van der Waals surface area (Å²) >= 11 is 1.44. The van der Waals surface area contributed by atoms with Gasteiger partial charge in [-0.15, -0.1) is 0 Å². The van der Waals surface area contributed by atoms with E-state index in [1.165, 1.54) is 11.8 Å². The number of aromatic nitrogens is 1. The summed E-state index contributed by atoms with van der Waals surface area (Å²) < 4.78 is 25.6. The lowest BCUT2D eigenvalue weighted by Crippen LogP contribution is -2.31. The zero-order chi connectivity index (χ0) is 19.2. The second kappa shape index (κ2) is 9.05. The van der Waals surface area contributed by atoms with Gasteiger partial charge in [-0.2, -0.15) is 0 Å². The number of carbonyl (C=O) groups is 1. The molecule has 2 rings (SSSR count). The van der Waals surface area contributed by atoms with Gasteiger partial charge in [-0.3, -0.25) is 9.52 Å². The zero-order valence-electron chi connectivity index (χ0n) is 15.0. The van der Waals surface area contributed by atoms with E-state index >= 15 is 0 Å². The average molecular weight is 394 g/mol. The van der Waals surface area contributed by atoms with E-state index in [4.69, 9.17) is 0 Å². The van der Waals surface area contributed by atoms with E-state index in [2.05, 4.69) is 15.0 Å². The summed E-state index contributed by atoms with van der Waals surface area (Å²) in [6.07, 6.45) is 2.43. The molecule has 0 saturated carbocycles. The van der Waals surface area contributed by atoms with Gasteiger partial charge < -0.3 is 5.32 Å². The van der Waals surface area contributed by atoms with Crippen LogP contribution in [0, 0.1) is 0 Å². The maximum absolute atomic E-state index is 12.0. The van der Waals surface area contributed by atoms with Crippen molar-refractivity contribution in [3.8, 4) is 0 Å². The lowest BCUT2D eigenvalue weighted by molar-refractivity contribution is 0.0939. The predicted octanol–water partition coefficient (Wildman–Crippen LogP) is 3.52. The van der Waals surface area contributed by atoms with Crippen molar-refractivity contribution < 1.29 is 13.2 Å². The molecule has 0 saturated heterocycles. The monoisotopic (exact) mass is 393 g/mol. The molecule has 0 fully saturated rings. The number of nitrogens with one attached hydrogen (secondary N) is 2. The molecule has 1 aromatic heterocycles. The minimum Gasteiger partial charge on any atom is -0.350 e. The summed E-state index contributed by atoms with van der Waals surface area (Å²) in [6, 6.07) is 10.7. The molecular weight excluding hydrogens is 370 g/mol. The van der Waals surface area contributed by atoms with Gasteiger partial charge in [-0.1, -0.05) is 18.7 Å². The Morgan fingerprint density at radius 2 is 1.85 bits per heavy atom. The molecule has 0 radical (unpaired) electrons. The molecule has 140 valence electrons. The zero-order valence-corrected chi connectivity index (χ0v) is 16.7. The highest BCUT2D eigenvalue weighted by Crippen LogP contribution is 2.27. The molecule has 0 spiro atoms. The van der Waals surface area contributed by atoms with Crippen molar-refractivity contribution in [1.82, 2.24) is 10.3 Å². The van der Waals surface area contributed by atoms with Crippen molar-refractivity contribution in [2.75, 3.05) is 10.5 Å². The van der Waals surface area contributed by atoms with Crippen molar-refractivity contribution in [2.45, 2.75) is 43.2 Å². The number of nitrogens with zero attached hydrogens (tertiary/aromatic N) is 1. The maximum atomic E-state index is 12.0. The summed E-state index contributed by atoms with van der Waals surface area (Å²) in [5, 5.41) is 3.66. The molecule has 26 heavy (non-hydrogen) atoms. The van der Waals surface area contributed by atoms with E-state index in [0.717, 1.165) is 16.3 Å². The van der Waals surface area contributed by atoms with Crippen LogP contribution in [0.4, 0.5) is 5.69 Å². The lowest BCUT2D eigenvalue weighted by atomic mass is 10.2. The Hall–Kier alpha value is -2.06. The first-order valence-corrected chi connectivity index (χ1v) is 10.8. The Morgan fingerprint density at radius 3 is 2.38 bits per heavy atom. The predicted molar refractivity (Wildman–Crippen MR) is 105 cm³/mol. The lowest BCUT2D eigenvalue weighted by Gasteiger charge is -2.11. The Bertz CT molecular complexity index is 835. The fourth-order valence-corrected chi connectivity index (χ4v) is 3.34. The Balaban J connectivity index is 1.99. The fraction of sp³-hybridized carbons (Fsp3) is 0.333. The third-order valence-corrected chi connectivity index (χ3v) is 5.98. The van der Waals surface area contributed by atoms with E-state index in [1.54, 1.807) is 37.4 Å². The van der Waals surface area contributed by atoms with E-state index in [9.17, 15) is 13.2 Å². The SMILES string of the molecule is CC[C@@H](C)NC(=O)c1ccc(Sc2ccc(NS(=O)(=O)CC)cc2)nc1. The minimum atomic E-state index is -3.28. The number of benzene rings is 1. The highest BCUT2D eigenvalue weighted by Gasteiger charge is 2.10. The van der Waals surface area contributed by atoms with Crippen LogP contribution in [0.25, 0.3) is 0 Å². The summed E-state index contributed by atoms with van der Waals surface area (Å²) in [4.78, 5) is 17.3. The van der Waals surface area contributed by atoms with Crippen molar-refractivity contribution in [2.24, 2.45) is 0 Å². The van der Waals surface area contributed by atoms with Crippen molar-refractivity contribution in [3.63, 3.8) is 0 Å².